The maximum absolute atomic E-state index is 12.1. The van der Waals surface area contributed by atoms with Gasteiger partial charge >= 0.3 is 5.97 Å². The maximum Gasteiger partial charge on any atom is 0.309 e. The van der Waals surface area contributed by atoms with E-state index in [4.69, 9.17) is 4.74 Å². The van der Waals surface area contributed by atoms with Crippen molar-refractivity contribution in [2.24, 2.45) is 5.92 Å². The van der Waals surface area contributed by atoms with E-state index in [0.717, 1.165) is 25.7 Å². The van der Waals surface area contributed by atoms with E-state index in [-0.39, 0.29) is 18.0 Å². The number of carbonyl (C=O) groups excluding carboxylic acids is 1. The third-order valence-corrected chi connectivity index (χ3v) is 4.20. The lowest BCUT2D eigenvalue weighted by Crippen LogP contribution is -2.19. The predicted octanol–water partition coefficient (Wildman–Crippen LogP) is 5.64. The lowest BCUT2D eigenvalue weighted by Gasteiger charge is -2.15. The molecule has 1 atom stereocenters. The highest BCUT2D eigenvalue weighted by Crippen LogP contribution is 2.27. The molecule has 0 saturated heterocycles. The summed E-state index contributed by atoms with van der Waals surface area (Å²) in [6, 6.07) is 0. The van der Waals surface area contributed by atoms with Gasteiger partial charge in [0, 0.05) is 0 Å². The molecule has 1 saturated carbocycles. The zero-order valence-corrected chi connectivity index (χ0v) is 13.7. The second-order valence-electron chi connectivity index (χ2n) is 6.39. The molecule has 1 fully saturated rings. The highest BCUT2D eigenvalue weighted by atomic mass is 16.5. The minimum Gasteiger partial charge on any atom is -0.462 e. The van der Waals surface area contributed by atoms with E-state index in [0.29, 0.717) is 0 Å². The van der Waals surface area contributed by atoms with E-state index in [1.165, 1.54) is 57.8 Å². The molecule has 0 amide bonds. The van der Waals surface area contributed by atoms with Gasteiger partial charge in [0.1, 0.15) is 6.10 Å². The average molecular weight is 282 g/mol. The Balaban J connectivity index is 2.16. The first-order chi connectivity index (χ1) is 9.77. The van der Waals surface area contributed by atoms with Gasteiger partial charge < -0.3 is 4.74 Å². The molecule has 0 bridgehead atoms. The summed E-state index contributed by atoms with van der Waals surface area (Å²) < 4.78 is 5.51. The summed E-state index contributed by atoms with van der Waals surface area (Å²) in [6.45, 7) is 4.46. The Labute approximate surface area is 125 Å². The van der Waals surface area contributed by atoms with E-state index in [1.807, 2.05) is 0 Å². The first-order valence-electron chi connectivity index (χ1n) is 8.98. The summed E-state index contributed by atoms with van der Waals surface area (Å²) in [6.07, 6.45) is 16.0. The molecule has 20 heavy (non-hydrogen) atoms. The lowest BCUT2D eigenvalue weighted by molar-refractivity contribution is -0.150. The second kappa shape index (κ2) is 11.2. The summed E-state index contributed by atoms with van der Waals surface area (Å²) in [4.78, 5) is 12.1. The fraction of sp³-hybridized carbons (Fsp3) is 0.944. The van der Waals surface area contributed by atoms with Crippen molar-refractivity contribution in [1.29, 1.82) is 0 Å². The van der Waals surface area contributed by atoms with Gasteiger partial charge in [-0.05, 0) is 25.7 Å². The third-order valence-electron chi connectivity index (χ3n) is 4.20. The monoisotopic (exact) mass is 282 g/mol. The highest BCUT2D eigenvalue weighted by Gasteiger charge is 2.29. The van der Waals surface area contributed by atoms with Gasteiger partial charge in [0.15, 0.2) is 0 Å². The van der Waals surface area contributed by atoms with E-state index >= 15 is 0 Å². The van der Waals surface area contributed by atoms with Crippen LogP contribution in [0.3, 0.4) is 0 Å². The molecule has 1 aliphatic rings. The van der Waals surface area contributed by atoms with Crippen LogP contribution in [0.1, 0.15) is 97.3 Å². The number of carbonyl (C=O) groups is 1. The van der Waals surface area contributed by atoms with E-state index in [2.05, 4.69) is 13.8 Å². The van der Waals surface area contributed by atoms with Crippen molar-refractivity contribution in [3.8, 4) is 0 Å². The van der Waals surface area contributed by atoms with Gasteiger partial charge in [0.05, 0.1) is 5.92 Å². The molecule has 0 aromatic rings. The quantitative estimate of drug-likeness (QED) is 0.323. The molecule has 0 aromatic carbocycles. The molecule has 1 unspecified atom stereocenters. The normalized spacial score (nSPS) is 16.1. The van der Waals surface area contributed by atoms with Crippen molar-refractivity contribution >= 4 is 5.97 Å². The fourth-order valence-corrected chi connectivity index (χ4v) is 2.64. The molecule has 0 heterocycles. The van der Waals surface area contributed by atoms with Crippen LogP contribution in [0.15, 0.2) is 0 Å². The zero-order valence-electron chi connectivity index (χ0n) is 13.7. The van der Waals surface area contributed by atoms with Gasteiger partial charge in [-0.15, -0.1) is 0 Å². The predicted molar refractivity (Wildman–Crippen MR) is 84.7 cm³/mol. The smallest absolute Gasteiger partial charge is 0.309 e. The Bertz CT molecular complexity index is 246. The van der Waals surface area contributed by atoms with Crippen LogP contribution in [0.25, 0.3) is 0 Å². The number of hydrogen-bond donors (Lipinski definition) is 0. The van der Waals surface area contributed by atoms with Crippen molar-refractivity contribution < 1.29 is 9.53 Å². The Morgan fingerprint density at radius 3 is 2.00 bits per heavy atom. The van der Waals surface area contributed by atoms with Crippen LogP contribution in [-0.4, -0.2) is 12.1 Å². The SMILES string of the molecule is CCCCCCCCC(CCCCC)C(=O)OC1CC1. The van der Waals surface area contributed by atoms with Crippen LogP contribution in [0, 0.1) is 5.92 Å². The Hall–Kier alpha value is -0.530. The van der Waals surface area contributed by atoms with Crippen LogP contribution in [-0.2, 0) is 9.53 Å². The van der Waals surface area contributed by atoms with Crippen LogP contribution < -0.4 is 0 Å². The largest absolute Gasteiger partial charge is 0.462 e. The van der Waals surface area contributed by atoms with Gasteiger partial charge in [-0.1, -0.05) is 71.6 Å². The molecule has 118 valence electrons. The molecule has 2 nitrogen and oxygen atoms in total. The highest BCUT2D eigenvalue weighted by molar-refractivity contribution is 5.72. The summed E-state index contributed by atoms with van der Waals surface area (Å²) >= 11 is 0. The first kappa shape index (κ1) is 17.5. The van der Waals surface area contributed by atoms with Crippen molar-refractivity contribution in [3.05, 3.63) is 0 Å². The van der Waals surface area contributed by atoms with E-state index < -0.39 is 0 Å². The van der Waals surface area contributed by atoms with E-state index in [1.54, 1.807) is 0 Å². The van der Waals surface area contributed by atoms with Crippen LogP contribution in [0.5, 0.6) is 0 Å². The molecule has 2 heteroatoms. The van der Waals surface area contributed by atoms with Gasteiger partial charge in [-0.2, -0.15) is 0 Å². The van der Waals surface area contributed by atoms with Crippen molar-refractivity contribution in [3.63, 3.8) is 0 Å². The van der Waals surface area contributed by atoms with Crippen LogP contribution >= 0.6 is 0 Å². The number of unbranched alkanes of at least 4 members (excludes halogenated alkanes) is 7. The zero-order chi connectivity index (χ0) is 14.6. The molecular formula is C18H34O2. The standard InChI is InChI=1S/C18H34O2/c1-3-5-7-8-9-11-13-16(12-10-6-4-2)18(19)20-17-14-15-17/h16-17H,3-15H2,1-2H3. The first-order valence-corrected chi connectivity index (χ1v) is 8.98. The molecule has 0 aromatic heterocycles. The third kappa shape index (κ3) is 8.60. The molecule has 0 radical (unpaired) electrons. The number of esters is 1. The summed E-state index contributed by atoms with van der Waals surface area (Å²) in [5.74, 6) is 0.269. The molecule has 1 aliphatic carbocycles. The number of ether oxygens (including phenoxy) is 1. The van der Waals surface area contributed by atoms with Crippen LogP contribution in [0.2, 0.25) is 0 Å². The Morgan fingerprint density at radius 2 is 1.40 bits per heavy atom. The van der Waals surface area contributed by atoms with Crippen LogP contribution in [0.4, 0.5) is 0 Å². The maximum atomic E-state index is 12.1. The number of hydrogen-bond acceptors (Lipinski definition) is 2. The average Bonchev–Trinajstić information content (AvgIpc) is 3.24. The topological polar surface area (TPSA) is 26.3 Å². The molecule has 0 aliphatic heterocycles. The van der Waals surface area contributed by atoms with Crippen molar-refractivity contribution in [2.45, 2.75) is 103 Å². The molecule has 0 N–H and O–H groups in total. The fourth-order valence-electron chi connectivity index (χ4n) is 2.64. The second-order valence-corrected chi connectivity index (χ2v) is 6.39. The summed E-state index contributed by atoms with van der Waals surface area (Å²) in [5, 5.41) is 0. The van der Waals surface area contributed by atoms with Gasteiger partial charge in [0.2, 0.25) is 0 Å². The Morgan fingerprint density at radius 1 is 0.900 bits per heavy atom. The minimum absolute atomic E-state index is 0.0946. The Kier molecular flexibility index (Phi) is 9.78. The van der Waals surface area contributed by atoms with Gasteiger partial charge in [-0.25, -0.2) is 0 Å². The van der Waals surface area contributed by atoms with Gasteiger partial charge in [-0.3, -0.25) is 4.79 Å². The number of rotatable bonds is 13. The molecular weight excluding hydrogens is 248 g/mol. The lowest BCUT2D eigenvalue weighted by atomic mass is 9.94. The minimum atomic E-state index is 0.0946. The summed E-state index contributed by atoms with van der Waals surface area (Å²) in [5.41, 5.74) is 0. The van der Waals surface area contributed by atoms with E-state index in [9.17, 15) is 4.79 Å². The molecule has 0 spiro atoms. The molecule has 1 rings (SSSR count). The summed E-state index contributed by atoms with van der Waals surface area (Å²) in [7, 11) is 0. The van der Waals surface area contributed by atoms with Crippen molar-refractivity contribution in [2.75, 3.05) is 0 Å². The van der Waals surface area contributed by atoms with Crippen molar-refractivity contribution in [1.82, 2.24) is 0 Å². The van der Waals surface area contributed by atoms with Gasteiger partial charge in [0.25, 0.3) is 0 Å².